The van der Waals surface area contributed by atoms with Crippen LogP contribution in [0.25, 0.3) is 0 Å². The van der Waals surface area contributed by atoms with Gasteiger partial charge in [-0.1, -0.05) is 21.6 Å². The van der Waals surface area contributed by atoms with Crippen LogP contribution in [0.4, 0.5) is 9.59 Å². The highest BCUT2D eigenvalue weighted by atomic mass is 33.1. The Morgan fingerprint density at radius 3 is 1.52 bits per heavy atom. The first kappa shape index (κ1) is 52.1. The van der Waals surface area contributed by atoms with E-state index in [1.165, 1.54) is 11.5 Å². The summed E-state index contributed by atoms with van der Waals surface area (Å²) < 4.78 is 10.4. The molecule has 0 unspecified atom stereocenters. The Hall–Kier alpha value is -1.92. The average Bonchev–Trinajstić information content (AvgIpc) is 3.06. The van der Waals surface area contributed by atoms with E-state index in [0.29, 0.717) is 38.3 Å². The summed E-state index contributed by atoms with van der Waals surface area (Å²) in [7, 11) is 3.80. The van der Waals surface area contributed by atoms with Crippen molar-refractivity contribution in [1.82, 2.24) is 16.0 Å². The van der Waals surface area contributed by atoms with Crippen molar-refractivity contribution in [1.29, 1.82) is 0 Å². The molecular formula is C37H71N5O9S3. The van der Waals surface area contributed by atoms with Crippen molar-refractivity contribution in [2.24, 2.45) is 22.3 Å². The van der Waals surface area contributed by atoms with Crippen LogP contribution in [-0.4, -0.2) is 107 Å². The molecule has 2 saturated carbocycles. The van der Waals surface area contributed by atoms with Crippen molar-refractivity contribution in [2.45, 2.75) is 142 Å². The number of alkyl carbamates (subject to hydrolysis) is 2. The van der Waals surface area contributed by atoms with Gasteiger partial charge in [-0.3, -0.25) is 14.4 Å². The Morgan fingerprint density at radius 2 is 1.17 bits per heavy atom. The SMILES string of the molecule is CC(C)(C)OC(=O)NCC1(CC(=O)O)CCC(=O)CC1.CC(C)(C)OC(=O)NCC1(CC(=O)O)CCC(NCCCS)CC1.NCCCSSCCCN. The van der Waals surface area contributed by atoms with Crippen LogP contribution in [0.3, 0.4) is 0 Å². The van der Waals surface area contributed by atoms with E-state index in [1.807, 2.05) is 21.6 Å². The fourth-order valence-corrected chi connectivity index (χ4v) is 8.28. The molecule has 0 saturated heterocycles. The molecule has 2 rings (SSSR count). The molecule has 0 atom stereocenters. The van der Waals surface area contributed by atoms with E-state index < -0.39 is 40.7 Å². The number of thiol groups is 1. The van der Waals surface area contributed by atoms with Gasteiger partial charge in [0.25, 0.3) is 0 Å². The van der Waals surface area contributed by atoms with Gasteiger partial charge < -0.3 is 47.1 Å². The Kier molecular flexibility index (Phi) is 26.7. The normalized spacial score (nSPS) is 19.6. The lowest BCUT2D eigenvalue weighted by molar-refractivity contribution is -0.142. The zero-order valence-corrected chi connectivity index (χ0v) is 36.1. The lowest BCUT2D eigenvalue weighted by Crippen LogP contribution is -2.46. The summed E-state index contributed by atoms with van der Waals surface area (Å²) >= 11 is 4.20. The highest BCUT2D eigenvalue weighted by Crippen LogP contribution is 2.39. The average molecular weight is 826 g/mol. The second kappa shape index (κ2) is 27.6. The molecule has 0 spiro atoms. The van der Waals surface area contributed by atoms with Gasteiger partial charge in [-0.05, 0) is 136 Å². The molecule has 2 fully saturated rings. The number of rotatable bonds is 19. The molecule has 0 aromatic rings. The van der Waals surface area contributed by atoms with Gasteiger partial charge >= 0.3 is 24.1 Å². The maximum atomic E-state index is 11.9. The van der Waals surface area contributed by atoms with Crippen molar-refractivity contribution in [3.63, 3.8) is 0 Å². The molecular weight excluding hydrogens is 755 g/mol. The summed E-state index contributed by atoms with van der Waals surface area (Å²) in [6.07, 6.45) is 7.44. The number of nitrogens with two attached hydrogens (primary N) is 2. The standard InChI is InChI=1S/C17H32N2O4S.C14H23NO5.C6H16N2S2/c1-16(2,3)23-15(22)19-12-17(11-14(20)21)7-5-13(6-8-17)18-9-4-10-24;1-13(2,3)20-12(19)15-9-14(8-11(17)18)6-4-10(16)5-7-14;7-3-1-5-9-10-6-2-4-8/h13,18,24H,4-12H2,1-3H3,(H,19,22)(H,20,21);4-9H2,1-3H3,(H,15,19)(H,17,18);1-8H2. The van der Waals surface area contributed by atoms with Gasteiger partial charge in [-0.2, -0.15) is 12.6 Å². The zero-order chi connectivity index (χ0) is 41.3. The number of ether oxygens (including phenoxy) is 2. The van der Waals surface area contributed by atoms with Crippen LogP contribution < -0.4 is 27.4 Å². The smallest absolute Gasteiger partial charge is 0.407 e. The van der Waals surface area contributed by atoms with E-state index in [2.05, 4.69) is 28.6 Å². The minimum Gasteiger partial charge on any atom is -0.481 e. The van der Waals surface area contributed by atoms with Crippen molar-refractivity contribution in [2.75, 3.05) is 50.0 Å². The summed E-state index contributed by atoms with van der Waals surface area (Å²) in [5.74, 6) is 1.64. The van der Waals surface area contributed by atoms with Crippen LogP contribution in [0.1, 0.15) is 125 Å². The Labute approximate surface area is 337 Å². The fraction of sp³-hybridized carbons (Fsp3) is 0.865. The molecule has 0 aliphatic heterocycles. The molecule has 2 aliphatic rings. The molecule has 17 heteroatoms. The van der Waals surface area contributed by atoms with Crippen LogP contribution in [0, 0.1) is 10.8 Å². The molecule has 0 radical (unpaired) electrons. The van der Waals surface area contributed by atoms with Gasteiger partial charge in [-0.25, -0.2) is 9.59 Å². The van der Waals surface area contributed by atoms with E-state index >= 15 is 0 Å². The number of carboxylic acid groups (broad SMARTS) is 2. The molecule has 0 aromatic heterocycles. The van der Waals surface area contributed by atoms with Crippen LogP contribution >= 0.6 is 34.2 Å². The lowest BCUT2D eigenvalue weighted by Gasteiger charge is -2.39. The monoisotopic (exact) mass is 825 g/mol. The number of nitrogens with one attached hydrogen (secondary N) is 3. The van der Waals surface area contributed by atoms with E-state index in [9.17, 15) is 29.1 Å². The molecule has 2 aliphatic carbocycles. The molecule has 9 N–H and O–H groups in total. The highest BCUT2D eigenvalue weighted by molar-refractivity contribution is 8.76. The van der Waals surface area contributed by atoms with Gasteiger partial charge in [-0.15, -0.1) is 0 Å². The number of Topliss-reactive ketones (excluding diaryl/α,β-unsaturated/α-hetero) is 1. The maximum absolute atomic E-state index is 11.9. The number of amides is 2. The maximum Gasteiger partial charge on any atom is 0.407 e. The first-order valence-corrected chi connectivity index (χ1v) is 22.2. The Balaban J connectivity index is 0.000000844. The summed E-state index contributed by atoms with van der Waals surface area (Å²) in [6, 6.07) is 0.424. The van der Waals surface area contributed by atoms with E-state index in [-0.39, 0.29) is 30.6 Å². The number of carboxylic acids is 2. The summed E-state index contributed by atoms with van der Waals surface area (Å²) in [5.41, 5.74) is 8.58. The quantitative estimate of drug-likeness (QED) is 0.0424. The molecule has 0 aromatic carbocycles. The minimum absolute atomic E-state index is 0.0456. The molecule has 2 amide bonds. The van der Waals surface area contributed by atoms with Crippen molar-refractivity contribution in [3.8, 4) is 0 Å². The Bertz CT molecular complexity index is 1090. The molecule has 14 nitrogen and oxygen atoms in total. The molecule has 54 heavy (non-hydrogen) atoms. The van der Waals surface area contributed by atoms with Gasteiger partial charge in [0.05, 0.1) is 12.8 Å². The molecule has 0 heterocycles. The number of hydrogen-bond acceptors (Lipinski definition) is 13. The van der Waals surface area contributed by atoms with Crippen LogP contribution in [0.5, 0.6) is 0 Å². The third-order valence-corrected chi connectivity index (χ3v) is 11.6. The third kappa shape index (κ3) is 27.6. The van der Waals surface area contributed by atoms with Crippen molar-refractivity contribution >= 4 is 64.1 Å². The zero-order valence-electron chi connectivity index (χ0n) is 33.6. The number of hydrogen-bond donors (Lipinski definition) is 8. The van der Waals surface area contributed by atoms with Crippen LogP contribution in [0.2, 0.25) is 0 Å². The van der Waals surface area contributed by atoms with Crippen molar-refractivity contribution < 1.29 is 43.7 Å². The van der Waals surface area contributed by atoms with Crippen LogP contribution in [0.15, 0.2) is 0 Å². The summed E-state index contributed by atoms with van der Waals surface area (Å²) in [4.78, 5) is 57.1. The number of carbonyl (C=O) groups excluding carboxylic acids is 3. The van der Waals surface area contributed by atoms with Gasteiger partial charge in [0, 0.05) is 43.5 Å². The predicted octanol–water partition coefficient (Wildman–Crippen LogP) is 6.01. The van der Waals surface area contributed by atoms with E-state index in [4.69, 9.17) is 26.0 Å². The minimum atomic E-state index is -0.912. The van der Waals surface area contributed by atoms with Crippen molar-refractivity contribution in [3.05, 3.63) is 0 Å². The van der Waals surface area contributed by atoms with Crippen LogP contribution in [-0.2, 0) is 23.9 Å². The second-order valence-corrected chi connectivity index (χ2v) is 19.3. The number of aliphatic carboxylic acids is 2. The first-order valence-electron chi connectivity index (χ1n) is 19.1. The number of carbonyl (C=O) groups is 5. The largest absolute Gasteiger partial charge is 0.481 e. The van der Waals surface area contributed by atoms with E-state index in [0.717, 1.165) is 70.3 Å². The van der Waals surface area contributed by atoms with Gasteiger partial charge in [0.2, 0.25) is 0 Å². The molecule has 316 valence electrons. The predicted molar refractivity (Wildman–Crippen MR) is 222 cm³/mol. The van der Waals surface area contributed by atoms with Gasteiger partial charge in [0.1, 0.15) is 17.0 Å². The third-order valence-electron chi connectivity index (χ3n) is 8.70. The summed E-state index contributed by atoms with van der Waals surface area (Å²) in [5, 5.41) is 27.2. The second-order valence-electron chi connectivity index (χ2n) is 16.1. The lowest BCUT2D eigenvalue weighted by atomic mass is 9.70. The topological polar surface area (TPSA) is 232 Å². The van der Waals surface area contributed by atoms with Gasteiger partial charge in [0.15, 0.2) is 0 Å². The highest BCUT2D eigenvalue weighted by Gasteiger charge is 2.39. The fourth-order valence-electron chi connectivity index (χ4n) is 5.90. The first-order chi connectivity index (χ1) is 25.2. The van der Waals surface area contributed by atoms with E-state index in [1.54, 1.807) is 41.5 Å². The molecule has 0 bridgehead atoms. The summed E-state index contributed by atoms with van der Waals surface area (Å²) in [6.45, 7) is 13.8. The Morgan fingerprint density at radius 1 is 0.759 bits per heavy atom. The number of ketones is 1.